The Morgan fingerprint density at radius 1 is 1.67 bits per heavy atom. The topological polar surface area (TPSA) is 58.2 Å². The third-order valence-corrected chi connectivity index (χ3v) is 1.58. The summed E-state index contributed by atoms with van der Waals surface area (Å²) in [5.74, 6) is 4.97. The molecule has 0 spiro atoms. The van der Waals surface area contributed by atoms with Crippen LogP contribution < -0.4 is 10.6 Å². The summed E-state index contributed by atoms with van der Waals surface area (Å²) in [6.07, 6.45) is 0.226. The average molecular weight is 166 g/mol. The van der Waals surface area contributed by atoms with Gasteiger partial charge in [-0.15, -0.1) is 5.92 Å². The molecule has 2 N–H and O–H groups in total. The Morgan fingerprint density at radius 2 is 2.42 bits per heavy atom. The number of carbonyl (C=O) groups is 2. The molecule has 1 unspecified atom stereocenters. The Labute approximate surface area is 70.7 Å². The van der Waals surface area contributed by atoms with Crippen molar-refractivity contribution < 1.29 is 9.59 Å². The first-order chi connectivity index (χ1) is 5.74. The van der Waals surface area contributed by atoms with Crippen molar-refractivity contribution in [3.8, 4) is 11.8 Å². The van der Waals surface area contributed by atoms with E-state index in [9.17, 15) is 9.59 Å². The van der Waals surface area contributed by atoms with E-state index in [4.69, 9.17) is 0 Å². The minimum absolute atomic E-state index is 0.220. The highest BCUT2D eigenvalue weighted by atomic mass is 16.2. The van der Waals surface area contributed by atoms with Crippen molar-refractivity contribution in [1.29, 1.82) is 0 Å². The molecule has 0 saturated carbocycles. The molecular weight excluding hydrogens is 156 g/mol. The van der Waals surface area contributed by atoms with E-state index < -0.39 is 6.04 Å². The van der Waals surface area contributed by atoms with E-state index in [1.54, 1.807) is 6.92 Å². The van der Waals surface area contributed by atoms with Gasteiger partial charge in [-0.3, -0.25) is 20.2 Å². The van der Waals surface area contributed by atoms with Crippen LogP contribution in [0.5, 0.6) is 0 Å². The average Bonchev–Trinajstić information content (AvgIpc) is 2.31. The van der Waals surface area contributed by atoms with Crippen molar-refractivity contribution in [2.45, 2.75) is 19.4 Å². The summed E-state index contributed by atoms with van der Waals surface area (Å²) < 4.78 is 0. The molecule has 4 nitrogen and oxygen atoms in total. The van der Waals surface area contributed by atoms with Crippen LogP contribution in [-0.4, -0.2) is 24.4 Å². The largest absolute Gasteiger partial charge is 0.295 e. The highest BCUT2D eigenvalue weighted by Gasteiger charge is 2.29. The number of amides is 2. The van der Waals surface area contributed by atoms with Crippen molar-refractivity contribution in [3.63, 3.8) is 0 Å². The molecule has 0 radical (unpaired) electrons. The van der Waals surface area contributed by atoms with E-state index in [-0.39, 0.29) is 18.2 Å². The maximum atomic E-state index is 10.9. The Kier molecular flexibility index (Phi) is 2.83. The quantitative estimate of drug-likeness (QED) is 0.409. The summed E-state index contributed by atoms with van der Waals surface area (Å²) in [6.45, 7) is 2.17. The molecule has 1 atom stereocenters. The van der Waals surface area contributed by atoms with Crippen molar-refractivity contribution in [3.05, 3.63) is 0 Å². The Balaban J connectivity index is 2.36. The Hall–Kier alpha value is -1.34. The molecule has 1 saturated heterocycles. The lowest BCUT2D eigenvalue weighted by molar-refractivity contribution is -0.125. The van der Waals surface area contributed by atoms with Gasteiger partial charge in [-0.2, -0.15) is 0 Å². The van der Waals surface area contributed by atoms with Crippen LogP contribution in [0.3, 0.4) is 0 Å². The molecule has 4 heteroatoms. The molecule has 1 rings (SSSR count). The van der Waals surface area contributed by atoms with Gasteiger partial charge in [0.05, 0.1) is 19.0 Å². The first kappa shape index (κ1) is 8.75. The standard InChI is InChI=1S/C8H10N2O2/c1-2-3-4-9-6-5-7(11)10-8(6)12/h6,9H,4-5H2,1H3,(H,10,11,12). The molecule has 1 heterocycles. The van der Waals surface area contributed by atoms with E-state index in [1.165, 1.54) is 0 Å². The summed E-state index contributed by atoms with van der Waals surface area (Å²) in [5, 5.41) is 5.06. The highest BCUT2D eigenvalue weighted by Crippen LogP contribution is 1.99. The van der Waals surface area contributed by atoms with Crippen LogP contribution in [0.4, 0.5) is 0 Å². The SMILES string of the molecule is CC#CCNC1CC(=O)NC1=O. The number of imide groups is 1. The minimum atomic E-state index is -0.390. The van der Waals surface area contributed by atoms with Crippen LogP contribution in [0.2, 0.25) is 0 Å². The summed E-state index contributed by atoms with van der Waals surface area (Å²) in [5.41, 5.74) is 0. The Bertz CT molecular complexity index is 262. The highest BCUT2D eigenvalue weighted by molar-refractivity contribution is 6.05. The van der Waals surface area contributed by atoms with Gasteiger partial charge in [0.25, 0.3) is 0 Å². The van der Waals surface area contributed by atoms with Gasteiger partial charge >= 0.3 is 0 Å². The maximum absolute atomic E-state index is 10.9. The van der Waals surface area contributed by atoms with Crippen LogP contribution >= 0.6 is 0 Å². The zero-order chi connectivity index (χ0) is 8.97. The third kappa shape index (κ3) is 2.07. The Morgan fingerprint density at radius 3 is 2.92 bits per heavy atom. The van der Waals surface area contributed by atoms with Gasteiger partial charge in [0.1, 0.15) is 0 Å². The molecule has 1 aliphatic heterocycles. The number of hydrogen-bond acceptors (Lipinski definition) is 3. The fraction of sp³-hybridized carbons (Fsp3) is 0.500. The van der Waals surface area contributed by atoms with Gasteiger partial charge < -0.3 is 0 Å². The fourth-order valence-electron chi connectivity index (χ4n) is 0.981. The van der Waals surface area contributed by atoms with E-state index >= 15 is 0 Å². The second-order valence-corrected chi connectivity index (χ2v) is 2.48. The van der Waals surface area contributed by atoms with E-state index in [1.807, 2.05) is 0 Å². The summed E-state index contributed by atoms with van der Waals surface area (Å²) in [6, 6.07) is -0.390. The predicted octanol–water partition coefficient (Wildman–Crippen LogP) is -0.986. The first-order valence-corrected chi connectivity index (χ1v) is 3.70. The van der Waals surface area contributed by atoms with Crippen LogP contribution in [0, 0.1) is 11.8 Å². The normalized spacial score (nSPS) is 21.6. The molecule has 12 heavy (non-hydrogen) atoms. The van der Waals surface area contributed by atoms with Gasteiger partial charge in [-0.25, -0.2) is 0 Å². The van der Waals surface area contributed by atoms with Crippen LogP contribution in [0.25, 0.3) is 0 Å². The molecule has 0 aromatic carbocycles. The molecule has 2 amide bonds. The van der Waals surface area contributed by atoms with Crippen molar-refractivity contribution in [1.82, 2.24) is 10.6 Å². The molecule has 0 bridgehead atoms. The van der Waals surface area contributed by atoms with Crippen molar-refractivity contribution >= 4 is 11.8 Å². The van der Waals surface area contributed by atoms with E-state index in [2.05, 4.69) is 22.5 Å². The third-order valence-electron chi connectivity index (χ3n) is 1.58. The first-order valence-electron chi connectivity index (χ1n) is 3.70. The van der Waals surface area contributed by atoms with Gasteiger partial charge in [-0.05, 0) is 6.92 Å². The second-order valence-electron chi connectivity index (χ2n) is 2.48. The van der Waals surface area contributed by atoms with Crippen LogP contribution in [0.1, 0.15) is 13.3 Å². The molecule has 1 fully saturated rings. The van der Waals surface area contributed by atoms with E-state index in [0.717, 1.165) is 0 Å². The second kappa shape index (κ2) is 3.88. The maximum Gasteiger partial charge on any atom is 0.244 e. The zero-order valence-electron chi connectivity index (χ0n) is 6.81. The van der Waals surface area contributed by atoms with Crippen LogP contribution in [-0.2, 0) is 9.59 Å². The smallest absolute Gasteiger partial charge is 0.244 e. The molecule has 0 aromatic rings. The predicted molar refractivity (Wildman–Crippen MR) is 43.0 cm³/mol. The number of nitrogens with one attached hydrogen (secondary N) is 2. The lowest BCUT2D eigenvalue weighted by atomic mass is 10.2. The molecule has 0 aliphatic carbocycles. The van der Waals surface area contributed by atoms with Crippen molar-refractivity contribution in [2.24, 2.45) is 0 Å². The van der Waals surface area contributed by atoms with Gasteiger partial charge in [-0.1, -0.05) is 5.92 Å². The lowest BCUT2D eigenvalue weighted by Crippen LogP contribution is -2.36. The molecule has 0 aromatic heterocycles. The summed E-state index contributed by atoms with van der Waals surface area (Å²) >= 11 is 0. The number of rotatable bonds is 2. The number of hydrogen-bond donors (Lipinski definition) is 2. The van der Waals surface area contributed by atoms with Gasteiger partial charge in [0.2, 0.25) is 11.8 Å². The zero-order valence-corrected chi connectivity index (χ0v) is 6.81. The van der Waals surface area contributed by atoms with Crippen LogP contribution in [0.15, 0.2) is 0 Å². The molecular formula is C8H10N2O2. The molecule has 64 valence electrons. The van der Waals surface area contributed by atoms with Crippen molar-refractivity contribution in [2.75, 3.05) is 6.54 Å². The lowest BCUT2D eigenvalue weighted by Gasteiger charge is -2.03. The van der Waals surface area contributed by atoms with E-state index in [0.29, 0.717) is 6.54 Å². The monoisotopic (exact) mass is 166 g/mol. The number of carbonyl (C=O) groups excluding carboxylic acids is 2. The summed E-state index contributed by atoms with van der Waals surface area (Å²) in [4.78, 5) is 21.6. The fourth-order valence-corrected chi connectivity index (χ4v) is 0.981. The van der Waals surface area contributed by atoms with Gasteiger partial charge in [0.15, 0.2) is 0 Å². The van der Waals surface area contributed by atoms with Gasteiger partial charge in [0, 0.05) is 0 Å². The minimum Gasteiger partial charge on any atom is -0.295 e. The molecule has 1 aliphatic rings. The summed E-state index contributed by atoms with van der Waals surface area (Å²) in [7, 11) is 0.